The van der Waals surface area contributed by atoms with Crippen molar-refractivity contribution in [3.63, 3.8) is 0 Å². The normalized spacial score (nSPS) is 26.6. The van der Waals surface area contributed by atoms with E-state index < -0.39 is 0 Å². The van der Waals surface area contributed by atoms with Crippen LogP contribution in [0.2, 0.25) is 0 Å². The van der Waals surface area contributed by atoms with Crippen LogP contribution in [0.25, 0.3) is 0 Å². The Morgan fingerprint density at radius 1 is 1.14 bits per heavy atom. The number of hydrogen-bond acceptors (Lipinski definition) is 3. The van der Waals surface area contributed by atoms with Gasteiger partial charge in [0.1, 0.15) is 11.9 Å². The van der Waals surface area contributed by atoms with Crippen LogP contribution in [0.4, 0.5) is 5.69 Å². The van der Waals surface area contributed by atoms with Crippen molar-refractivity contribution in [2.45, 2.75) is 45.1 Å². The van der Waals surface area contributed by atoms with Crippen molar-refractivity contribution >= 4 is 5.69 Å². The molecule has 116 valence electrons. The predicted molar refractivity (Wildman–Crippen MR) is 88.2 cm³/mol. The van der Waals surface area contributed by atoms with Gasteiger partial charge in [0, 0.05) is 26.2 Å². The van der Waals surface area contributed by atoms with Crippen molar-refractivity contribution in [3.05, 3.63) is 24.3 Å². The maximum Gasteiger partial charge on any atom is 0.143 e. The quantitative estimate of drug-likeness (QED) is 0.918. The standard InChI is InChI=1S/C18H28N2O/c1-2-15-7-3-5-9-17(15)21-18-10-6-4-8-16(18)20-13-11-19-12-14-20/h4,6,8,10,15,17,19H,2-3,5,7,9,11-14H2,1H3. The van der Waals surface area contributed by atoms with Crippen molar-refractivity contribution < 1.29 is 4.74 Å². The molecule has 1 heterocycles. The first-order valence-corrected chi connectivity index (χ1v) is 8.60. The molecule has 1 N–H and O–H groups in total. The molecule has 2 unspecified atom stereocenters. The zero-order valence-corrected chi connectivity index (χ0v) is 13.2. The van der Waals surface area contributed by atoms with Crippen molar-refractivity contribution in [3.8, 4) is 5.75 Å². The van der Waals surface area contributed by atoms with Crippen molar-refractivity contribution in [2.24, 2.45) is 5.92 Å². The second kappa shape index (κ2) is 7.17. The highest BCUT2D eigenvalue weighted by Crippen LogP contribution is 2.35. The SMILES string of the molecule is CCC1CCCCC1Oc1ccccc1N1CCNCC1. The number of nitrogens with zero attached hydrogens (tertiary/aromatic N) is 1. The minimum Gasteiger partial charge on any atom is -0.488 e. The fraction of sp³-hybridized carbons (Fsp3) is 0.667. The summed E-state index contributed by atoms with van der Waals surface area (Å²) in [5.41, 5.74) is 1.28. The molecule has 3 nitrogen and oxygen atoms in total. The topological polar surface area (TPSA) is 24.5 Å². The molecule has 21 heavy (non-hydrogen) atoms. The number of hydrogen-bond donors (Lipinski definition) is 1. The predicted octanol–water partition coefficient (Wildman–Crippen LogP) is 3.44. The van der Waals surface area contributed by atoms with Gasteiger partial charge in [0.25, 0.3) is 0 Å². The lowest BCUT2D eigenvalue weighted by atomic mass is 9.85. The molecule has 2 atom stereocenters. The number of benzene rings is 1. The van der Waals surface area contributed by atoms with E-state index >= 15 is 0 Å². The molecule has 1 saturated heterocycles. The first-order valence-electron chi connectivity index (χ1n) is 8.60. The van der Waals surface area contributed by atoms with E-state index in [4.69, 9.17) is 4.74 Å². The van der Waals surface area contributed by atoms with Crippen LogP contribution in [0.15, 0.2) is 24.3 Å². The van der Waals surface area contributed by atoms with Crippen LogP contribution in [0.3, 0.4) is 0 Å². The fourth-order valence-electron chi connectivity index (χ4n) is 3.68. The highest BCUT2D eigenvalue weighted by atomic mass is 16.5. The third-order valence-electron chi connectivity index (χ3n) is 4.96. The van der Waals surface area contributed by atoms with Gasteiger partial charge < -0.3 is 15.0 Å². The van der Waals surface area contributed by atoms with E-state index in [1.165, 1.54) is 37.8 Å². The first-order chi connectivity index (χ1) is 10.4. The summed E-state index contributed by atoms with van der Waals surface area (Å²) in [5, 5.41) is 3.42. The molecule has 1 aromatic rings. The van der Waals surface area contributed by atoms with Gasteiger partial charge in [0.2, 0.25) is 0 Å². The minimum absolute atomic E-state index is 0.410. The van der Waals surface area contributed by atoms with Gasteiger partial charge in [0.05, 0.1) is 5.69 Å². The van der Waals surface area contributed by atoms with Crippen LogP contribution >= 0.6 is 0 Å². The summed E-state index contributed by atoms with van der Waals surface area (Å²) in [6.07, 6.45) is 6.88. The molecule has 1 saturated carbocycles. The van der Waals surface area contributed by atoms with E-state index in [0.717, 1.165) is 37.8 Å². The zero-order chi connectivity index (χ0) is 14.5. The number of para-hydroxylation sites is 2. The van der Waals surface area contributed by atoms with E-state index in [1.54, 1.807) is 0 Å². The smallest absolute Gasteiger partial charge is 0.143 e. The Hall–Kier alpha value is -1.22. The van der Waals surface area contributed by atoms with Gasteiger partial charge in [-0.25, -0.2) is 0 Å². The number of anilines is 1. The Morgan fingerprint density at radius 3 is 2.71 bits per heavy atom. The Bertz CT molecular complexity index is 443. The third-order valence-corrected chi connectivity index (χ3v) is 4.96. The zero-order valence-electron chi connectivity index (χ0n) is 13.2. The van der Waals surface area contributed by atoms with Gasteiger partial charge in [0.15, 0.2) is 0 Å². The largest absolute Gasteiger partial charge is 0.488 e. The minimum atomic E-state index is 0.410. The summed E-state index contributed by atoms with van der Waals surface area (Å²) >= 11 is 0. The molecule has 0 aromatic heterocycles. The summed E-state index contributed by atoms with van der Waals surface area (Å²) in [6, 6.07) is 8.59. The number of piperazine rings is 1. The average Bonchev–Trinajstić information content (AvgIpc) is 2.57. The number of ether oxygens (including phenoxy) is 1. The van der Waals surface area contributed by atoms with Gasteiger partial charge in [-0.2, -0.15) is 0 Å². The molecule has 0 spiro atoms. The van der Waals surface area contributed by atoms with Crippen LogP contribution < -0.4 is 15.0 Å². The van der Waals surface area contributed by atoms with E-state index in [-0.39, 0.29) is 0 Å². The van der Waals surface area contributed by atoms with E-state index in [0.29, 0.717) is 6.10 Å². The molecule has 1 aliphatic heterocycles. The Labute approximate surface area is 128 Å². The number of nitrogens with one attached hydrogen (secondary N) is 1. The van der Waals surface area contributed by atoms with Crippen LogP contribution in [-0.2, 0) is 0 Å². The maximum atomic E-state index is 6.48. The van der Waals surface area contributed by atoms with E-state index in [1.807, 2.05) is 0 Å². The average molecular weight is 288 g/mol. The summed E-state index contributed by atoms with van der Waals surface area (Å²) in [6.45, 7) is 6.57. The lowest BCUT2D eigenvalue weighted by Crippen LogP contribution is -2.43. The Kier molecular flexibility index (Phi) is 5.02. The Morgan fingerprint density at radius 2 is 1.90 bits per heavy atom. The lowest BCUT2D eigenvalue weighted by Gasteiger charge is -2.35. The van der Waals surface area contributed by atoms with Crippen molar-refractivity contribution in [2.75, 3.05) is 31.1 Å². The molecule has 0 radical (unpaired) electrons. The van der Waals surface area contributed by atoms with E-state index in [2.05, 4.69) is 41.4 Å². The molecule has 1 aliphatic carbocycles. The van der Waals surface area contributed by atoms with Crippen molar-refractivity contribution in [1.29, 1.82) is 0 Å². The van der Waals surface area contributed by atoms with Crippen LogP contribution in [0.5, 0.6) is 5.75 Å². The molecule has 0 amide bonds. The highest BCUT2D eigenvalue weighted by Gasteiger charge is 2.26. The van der Waals surface area contributed by atoms with Gasteiger partial charge in [-0.15, -0.1) is 0 Å². The summed E-state index contributed by atoms with van der Waals surface area (Å²) < 4.78 is 6.48. The molecular weight excluding hydrogens is 260 g/mol. The molecule has 2 aliphatic rings. The van der Waals surface area contributed by atoms with Gasteiger partial charge in [-0.1, -0.05) is 25.5 Å². The molecule has 0 bridgehead atoms. The van der Waals surface area contributed by atoms with Gasteiger partial charge in [-0.05, 0) is 43.7 Å². The molecule has 1 aromatic carbocycles. The summed E-state index contributed by atoms with van der Waals surface area (Å²) in [5.74, 6) is 1.82. The Balaban J connectivity index is 1.75. The van der Waals surface area contributed by atoms with Crippen molar-refractivity contribution in [1.82, 2.24) is 5.32 Å². The fourth-order valence-corrected chi connectivity index (χ4v) is 3.68. The molecule has 2 fully saturated rings. The highest BCUT2D eigenvalue weighted by molar-refractivity contribution is 5.58. The van der Waals surface area contributed by atoms with Gasteiger partial charge in [-0.3, -0.25) is 0 Å². The second-order valence-electron chi connectivity index (χ2n) is 6.31. The van der Waals surface area contributed by atoms with Crippen LogP contribution in [0.1, 0.15) is 39.0 Å². The molecule has 3 rings (SSSR count). The number of rotatable bonds is 4. The molecular formula is C18H28N2O. The van der Waals surface area contributed by atoms with Crippen LogP contribution in [-0.4, -0.2) is 32.3 Å². The lowest BCUT2D eigenvalue weighted by molar-refractivity contribution is 0.0907. The monoisotopic (exact) mass is 288 g/mol. The maximum absolute atomic E-state index is 6.48. The summed E-state index contributed by atoms with van der Waals surface area (Å²) in [7, 11) is 0. The molecule has 3 heteroatoms. The van der Waals surface area contributed by atoms with Crippen LogP contribution in [0, 0.1) is 5.92 Å². The first kappa shape index (κ1) is 14.7. The van der Waals surface area contributed by atoms with Gasteiger partial charge >= 0.3 is 0 Å². The van der Waals surface area contributed by atoms with E-state index in [9.17, 15) is 0 Å². The third kappa shape index (κ3) is 3.52. The summed E-state index contributed by atoms with van der Waals surface area (Å²) in [4.78, 5) is 2.45. The second-order valence-corrected chi connectivity index (χ2v) is 6.31.